The number of rotatable bonds is 7. The summed E-state index contributed by atoms with van der Waals surface area (Å²) in [5.41, 5.74) is 13.0. The summed E-state index contributed by atoms with van der Waals surface area (Å²) in [5.74, 6) is 0. The molecular weight excluding hydrogens is 711 g/mol. The van der Waals surface area contributed by atoms with E-state index in [0.717, 1.165) is 17.1 Å². The number of anilines is 3. The Kier molecular flexibility index (Phi) is 8.56. The first-order valence-electron chi connectivity index (χ1n) is 20.3. The van der Waals surface area contributed by atoms with Crippen molar-refractivity contribution in [3.63, 3.8) is 0 Å². The molecule has 0 aromatic heterocycles. The lowest BCUT2D eigenvalue weighted by atomic mass is 9.90. The van der Waals surface area contributed by atoms with Crippen LogP contribution < -0.4 is 4.90 Å². The van der Waals surface area contributed by atoms with Gasteiger partial charge in [-0.3, -0.25) is 0 Å². The van der Waals surface area contributed by atoms with Crippen molar-refractivity contribution in [2.45, 2.75) is 0 Å². The normalized spacial score (nSPS) is 11.4. The predicted octanol–water partition coefficient (Wildman–Crippen LogP) is 16.4. The summed E-state index contributed by atoms with van der Waals surface area (Å²) in [6.07, 6.45) is 0. The van der Waals surface area contributed by atoms with Gasteiger partial charge in [0.1, 0.15) is 0 Å². The average molecular weight is 750 g/mol. The number of benzene rings is 11. The van der Waals surface area contributed by atoms with Gasteiger partial charge in [-0.25, -0.2) is 0 Å². The summed E-state index contributed by atoms with van der Waals surface area (Å²) in [6, 6.07) is 86.1. The van der Waals surface area contributed by atoms with Crippen LogP contribution >= 0.6 is 0 Å². The maximum absolute atomic E-state index is 2.38. The molecule has 1 heteroatoms. The van der Waals surface area contributed by atoms with Gasteiger partial charge in [0.25, 0.3) is 0 Å². The van der Waals surface area contributed by atoms with Crippen molar-refractivity contribution in [3.8, 4) is 44.5 Å². The van der Waals surface area contributed by atoms with E-state index < -0.39 is 0 Å². The van der Waals surface area contributed by atoms with E-state index in [-0.39, 0.29) is 0 Å². The molecule has 0 radical (unpaired) electrons. The van der Waals surface area contributed by atoms with Crippen LogP contribution in [0.4, 0.5) is 17.1 Å². The molecule has 0 saturated carbocycles. The molecule has 11 aromatic rings. The Morgan fingerprint density at radius 3 is 1.00 bits per heavy atom. The molecule has 0 bridgehead atoms. The first-order chi connectivity index (χ1) is 29.2. The highest BCUT2D eigenvalue weighted by molar-refractivity contribution is 6.26. The fourth-order valence-electron chi connectivity index (χ4n) is 8.80. The quantitative estimate of drug-likeness (QED) is 0.147. The van der Waals surface area contributed by atoms with Crippen LogP contribution in [0.3, 0.4) is 0 Å². The molecule has 11 aromatic carbocycles. The summed E-state index contributed by atoms with van der Waals surface area (Å²) in [7, 11) is 0. The summed E-state index contributed by atoms with van der Waals surface area (Å²) in [4.78, 5) is 2.35. The lowest BCUT2D eigenvalue weighted by molar-refractivity contribution is 1.28. The maximum Gasteiger partial charge on any atom is 0.0462 e. The first kappa shape index (κ1) is 34.5. The van der Waals surface area contributed by atoms with Gasteiger partial charge in [0.15, 0.2) is 0 Å². The maximum atomic E-state index is 2.38. The van der Waals surface area contributed by atoms with E-state index in [0.29, 0.717) is 0 Å². The SMILES string of the molecule is c1ccc(-c2ccc(N(c3ccc(-c4ccccc4)cc3)c3ccc(-c4ccc5c6ccc(-c7ccc8ccccc8c7)cc6c6ccccc6c5c4)cc3)cc2)cc1. The van der Waals surface area contributed by atoms with Crippen molar-refractivity contribution in [3.05, 3.63) is 237 Å². The Labute approximate surface area is 344 Å². The largest absolute Gasteiger partial charge is 0.311 e. The molecule has 0 aliphatic heterocycles. The van der Waals surface area contributed by atoms with Crippen LogP contribution in [0.15, 0.2) is 237 Å². The lowest BCUT2D eigenvalue weighted by Gasteiger charge is -2.26. The molecule has 0 fully saturated rings. The van der Waals surface area contributed by atoms with Gasteiger partial charge in [0.05, 0.1) is 0 Å². The molecule has 0 unspecified atom stereocenters. The third kappa shape index (κ3) is 6.40. The second-order valence-corrected chi connectivity index (χ2v) is 15.3. The standard InChI is InChI=1S/C58H39N/c1-3-11-40(12-4-1)43-21-29-50(30-22-43)59(51-31-23-44(24-32-51)41-13-5-2-6-14-41)52-33-25-45(26-34-52)48-27-35-55-56-36-28-49(47-20-19-42-15-7-8-16-46(42)37-47)39-58(56)54-18-10-9-17-53(54)57(55)38-48/h1-39H. The topological polar surface area (TPSA) is 3.24 Å². The molecule has 1 nitrogen and oxygen atoms in total. The Morgan fingerprint density at radius 2 is 0.508 bits per heavy atom. The highest BCUT2D eigenvalue weighted by atomic mass is 15.1. The highest BCUT2D eigenvalue weighted by Crippen LogP contribution is 2.41. The minimum absolute atomic E-state index is 1.10. The molecule has 0 atom stereocenters. The van der Waals surface area contributed by atoms with Gasteiger partial charge in [-0.05, 0) is 142 Å². The first-order valence-corrected chi connectivity index (χ1v) is 20.3. The van der Waals surface area contributed by atoms with Gasteiger partial charge in [-0.2, -0.15) is 0 Å². The molecule has 0 saturated heterocycles. The fraction of sp³-hybridized carbons (Fsp3) is 0. The number of hydrogen-bond acceptors (Lipinski definition) is 1. The van der Waals surface area contributed by atoms with Crippen LogP contribution in [0.1, 0.15) is 0 Å². The van der Waals surface area contributed by atoms with Crippen molar-refractivity contribution in [1.82, 2.24) is 0 Å². The van der Waals surface area contributed by atoms with Crippen molar-refractivity contribution in [2.24, 2.45) is 0 Å². The molecule has 0 heterocycles. The van der Waals surface area contributed by atoms with Crippen LogP contribution in [0.5, 0.6) is 0 Å². The van der Waals surface area contributed by atoms with Crippen LogP contribution in [0, 0.1) is 0 Å². The Balaban J connectivity index is 0.971. The van der Waals surface area contributed by atoms with Gasteiger partial charge in [0, 0.05) is 17.1 Å². The summed E-state index contributed by atoms with van der Waals surface area (Å²) < 4.78 is 0. The predicted molar refractivity (Wildman–Crippen MR) is 253 cm³/mol. The highest BCUT2D eigenvalue weighted by Gasteiger charge is 2.15. The summed E-state index contributed by atoms with van der Waals surface area (Å²) in [5, 5.41) is 10.2. The van der Waals surface area contributed by atoms with E-state index >= 15 is 0 Å². The molecule has 59 heavy (non-hydrogen) atoms. The Hall–Kier alpha value is -7.74. The Bertz CT molecular complexity index is 3170. The van der Waals surface area contributed by atoms with Gasteiger partial charge >= 0.3 is 0 Å². The molecule has 0 spiro atoms. The third-order valence-electron chi connectivity index (χ3n) is 11.8. The fourth-order valence-corrected chi connectivity index (χ4v) is 8.80. The van der Waals surface area contributed by atoms with Crippen LogP contribution in [0.25, 0.3) is 87.6 Å². The van der Waals surface area contributed by atoms with E-state index in [9.17, 15) is 0 Å². The molecule has 0 aliphatic carbocycles. The van der Waals surface area contributed by atoms with E-state index in [1.54, 1.807) is 0 Å². The van der Waals surface area contributed by atoms with E-state index in [4.69, 9.17) is 0 Å². The minimum atomic E-state index is 1.10. The average Bonchev–Trinajstić information content (AvgIpc) is 3.32. The van der Waals surface area contributed by atoms with Crippen molar-refractivity contribution < 1.29 is 0 Å². The second-order valence-electron chi connectivity index (χ2n) is 15.3. The lowest BCUT2D eigenvalue weighted by Crippen LogP contribution is -2.09. The van der Waals surface area contributed by atoms with E-state index in [1.807, 2.05) is 0 Å². The van der Waals surface area contributed by atoms with Crippen LogP contribution in [0.2, 0.25) is 0 Å². The Morgan fingerprint density at radius 1 is 0.186 bits per heavy atom. The van der Waals surface area contributed by atoms with E-state index in [1.165, 1.54) is 87.6 Å². The molecule has 276 valence electrons. The van der Waals surface area contributed by atoms with Crippen molar-refractivity contribution >= 4 is 60.2 Å². The van der Waals surface area contributed by atoms with Crippen LogP contribution in [-0.2, 0) is 0 Å². The smallest absolute Gasteiger partial charge is 0.0462 e. The van der Waals surface area contributed by atoms with Crippen molar-refractivity contribution in [2.75, 3.05) is 4.90 Å². The summed E-state index contributed by atoms with van der Waals surface area (Å²) in [6.45, 7) is 0. The number of hydrogen-bond donors (Lipinski definition) is 0. The molecule has 11 rings (SSSR count). The molecular formula is C58H39N. The third-order valence-corrected chi connectivity index (χ3v) is 11.8. The van der Waals surface area contributed by atoms with Crippen LogP contribution in [-0.4, -0.2) is 0 Å². The van der Waals surface area contributed by atoms with Crippen molar-refractivity contribution in [1.29, 1.82) is 0 Å². The summed E-state index contributed by atoms with van der Waals surface area (Å²) >= 11 is 0. The minimum Gasteiger partial charge on any atom is -0.311 e. The number of nitrogens with zero attached hydrogens (tertiary/aromatic N) is 1. The van der Waals surface area contributed by atoms with Gasteiger partial charge in [-0.15, -0.1) is 0 Å². The van der Waals surface area contributed by atoms with E-state index in [2.05, 4.69) is 241 Å². The number of fused-ring (bicyclic) bond motifs is 7. The zero-order valence-corrected chi connectivity index (χ0v) is 32.5. The molecule has 0 amide bonds. The van der Waals surface area contributed by atoms with Gasteiger partial charge in [0.2, 0.25) is 0 Å². The monoisotopic (exact) mass is 749 g/mol. The zero-order chi connectivity index (χ0) is 39.1. The van der Waals surface area contributed by atoms with Gasteiger partial charge in [-0.1, -0.05) is 182 Å². The van der Waals surface area contributed by atoms with Gasteiger partial charge < -0.3 is 4.90 Å². The molecule has 0 N–H and O–H groups in total. The zero-order valence-electron chi connectivity index (χ0n) is 32.5. The molecule has 0 aliphatic rings. The second kappa shape index (κ2) is 14.6.